The third-order valence-electron chi connectivity index (χ3n) is 3.45. The Morgan fingerprint density at radius 3 is 2.53 bits per heavy atom. The third-order valence-corrected chi connectivity index (χ3v) is 3.45. The number of hydrogen-bond donors (Lipinski definition) is 1. The van der Waals surface area contributed by atoms with Gasteiger partial charge in [-0.3, -0.25) is 4.79 Å². The van der Waals surface area contributed by atoms with E-state index in [9.17, 15) is 18.0 Å². The molecule has 0 saturated carbocycles. The predicted octanol–water partition coefficient (Wildman–Crippen LogP) is 2.11. The van der Waals surface area contributed by atoms with Crippen molar-refractivity contribution in [3.05, 3.63) is 35.1 Å². The van der Waals surface area contributed by atoms with Gasteiger partial charge in [0, 0.05) is 30.6 Å². The van der Waals surface area contributed by atoms with E-state index in [1.54, 1.807) is 6.92 Å². The lowest BCUT2D eigenvalue weighted by Crippen LogP contribution is -2.49. The van der Waals surface area contributed by atoms with Gasteiger partial charge in [-0.05, 0) is 19.4 Å². The molecule has 0 spiro atoms. The molecular formula is C13H15F3N2O. The monoisotopic (exact) mass is 272 g/mol. The maximum absolute atomic E-state index is 13.8. The minimum atomic E-state index is -1.25. The van der Waals surface area contributed by atoms with Crippen LogP contribution in [0.15, 0.2) is 12.1 Å². The van der Waals surface area contributed by atoms with Crippen LogP contribution in [0.5, 0.6) is 0 Å². The second kappa shape index (κ2) is 5.21. The summed E-state index contributed by atoms with van der Waals surface area (Å²) in [6.07, 6.45) is 0.690. The fourth-order valence-electron chi connectivity index (χ4n) is 2.51. The Kier molecular flexibility index (Phi) is 3.80. The highest BCUT2D eigenvalue weighted by Gasteiger charge is 2.36. The zero-order chi connectivity index (χ0) is 14.2. The Hall–Kier alpha value is -1.56. The number of rotatable bonds is 2. The third kappa shape index (κ3) is 2.45. The van der Waals surface area contributed by atoms with Crippen LogP contribution < -0.4 is 5.73 Å². The molecule has 1 aromatic rings. The number of likely N-dealkylation sites (tertiary alicyclic amines) is 1. The van der Waals surface area contributed by atoms with Gasteiger partial charge in [0.25, 0.3) is 0 Å². The fourth-order valence-corrected chi connectivity index (χ4v) is 2.51. The second-order valence-electron chi connectivity index (χ2n) is 4.61. The predicted molar refractivity (Wildman–Crippen MR) is 63.7 cm³/mol. The molecule has 1 aromatic carbocycles. The lowest BCUT2D eigenvalue weighted by molar-refractivity contribution is -0.137. The summed E-state index contributed by atoms with van der Waals surface area (Å²) in [5, 5.41) is 0. The van der Waals surface area contributed by atoms with Crippen molar-refractivity contribution < 1.29 is 18.0 Å². The van der Waals surface area contributed by atoms with Crippen LogP contribution in [-0.2, 0) is 4.79 Å². The Bertz CT molecular complexity index is 507. The van der Waals surface area contributed by atoms with Crippen LogP contribution in [0.25, 0.3) is 0 Å². The Labute approximate surface area is 109 Å². The van der Waals surface area contributed by atoms with Gasteiger partial charge in [-0.15, -0.1) is 0 Å². The van der Waals surface area contributed by atoms with Gasteiger partial charge in [0.05, 0.1) is 6.04 Å². The SMILES string of the molecule is CCN1C(=O)CCC(N)C1c1cc(F)c(F)cc1F. The Balaban J connectivity index is 2.47. The first-order chi connectivity index (χ1) is 8.95. The Morgan fingerprint density at radius 2 is 1.89 bits per heavy atom. The smallest absolute Gasteiger partial charge is 0.223 e. The van der Waals surface area contributed by atoms with Crippen molar-refractivity contribution in [2.45, 2.75) is 31.8 Å². The van der Waals surface area contributed by atoms with E-state index in [-0.39, 0.29) is 17.9 Å². The molecule has 1 amide bonds. The number of carbonyl (C=O) groups excluding carboxylic acids is 1. The molecule has 0 radical (unpaired) electrons. The molecule has 2 atom stereocenters. The number of amides is 1. The normalized spacial score (nSPS) is 23.8. The molecule has 2 unspecified atom stereocenters. The van der Waals surface area contributed by atoms with Crippen LogP contribution in [0.1, 0.15) is 31.4 Å². The summed E-state index contributed by atoms with van der Waals surface area (Å²) in [5.74, 6) is -3.43. The first-order valence-corrected chi connectivity index (χ1v) is 6.15. The van der Waals surface area contributed by atoms with Gasteiger partial charge in [0.2, 0.25) is 5.91 Å². The molecule has 3 nitrogen and oxygen atoms in total. The highest BCUT2D eigenvalue weighted by Crippen LogP contribution is 2.33. The van der Waals surface area contributed by atoms with Crippen LogP contribution >= 0.6 is 0 Å². The van der Waals surface area contributed by atoms with E-state index in [1.807, 2.05) is 0 Å². The van der Waals surface area contributed by atoms with Crippen LogP contribution in [-0.4, -0.2) is 23.4 Å². The number of piperidine rings is 1. The van der Waals surface area contributed by atoms with Gasteiger partial charge in [-0.25, -0.2) is 13.2 Å². The topological polar surface area (TPSA) is 46.3 Å². The van der Waals surface area contributed by atoms with Gasteiger partial charge < -0.3 is 10.6 Å². The van der Waals surface area contributed by atoms with Crippen molar-refractivity contribution in [3.63, 3.8) is 0 Å². The molecule has 1 aliphatic rings. The molecule has 2 N–H and O–H groups in total. The van der Waals surface area contributed by atoms with Crippen LogP contribution in [0, 0.1) is 17.5 Å². The molecule has 104 valence electrons. The first kappa shape index (κ1) is 13.9. The molecule has 19 heavy (non-hydrogen) atoms. The van der Waals surface area contributed by atoms with Gasteiger partial charge in [-0.1, -0.05) is 0 Å². The van der Waals surface area contributed by atoms with Crippen molar-refractivity contribution in [3.8, 4) is 0 Å². The van der Waals surface area contributed by atoms with Gasteiger partial charge >= 0.3 is 0 Å². The minimum Gasteiger partial charge on any atom is -0.334 e. The average molecular weight is 272 g/mol. The lowest BCUT2D eigenvalue weighted by atomic mass is 9.90. The molecule has 1 saturated heterocycles. The summed E-state index contributed by atoms with van der Waals surface area (Å²) in [6.45, 7) is 2.08. The second-order valence-corrected chi connectivity index (χ2v) is 4.61. The number of halogens is 3. The number of benzene rings is 1. The number of nitrogens with two attached hydrogens (primary N) is 1. The summed E-state index contributed by atoms with van der Waals surface area (Å²) in [6, 6.07) is 0.0409. The zero-order valence-corrected chi connectivity index (χ0v) is 10.5. The average Bonchev–Trinajstić information content (AvgIpc) is 2.36. The van der Waals surface area contributed by atoms with Crippen molar-refractivity contribution in [2.75, 3.05) is 6.54 Å². The minimum absolute atomic E-state index is 0.0682. The van der Waals surface area contributed by atoms with Crippen molar-refractivity contribution in [1.82, 2.24) is 4.90 Å². The van der Waals surface area contributed by atoms with Crippen molar-refractivity contribution in [2.24, 2.45) is 5.73 Å². The van der Waals surface area contributed by atoms with E-state index in [0.717, 1.165) is 6.07 Å². The molecule has 0 aliphatic carbocycles. The van der Waals surface area contributed by atoms with E-state index < -0.39 is 29.5 Å². The summed E-state index contributed by atoms with van der Waals surface area (Å²) in [7, 11) is 0. The zero-order valence-electron chi connectivity index (χ0n) is 10.5. The molecule has 0 bridgehead atoms. The molecular weight excluding hydrogens is 257 g/mol. The number of hydrogen-bond acceptors (Lipinski definition) is 2. The maximum atomic E-state index is 13.8. The number of carbonyl (C=O) groups is 1. The molecule has 6 heteroatoms. The van der Waals surface area contributed by atoms with E-state index in [0.29, 0.717) is 19.0 Å². The number of likely N-dealkylation sites (N-methyl/N-ethyl adjacent to an activating group) is 1. The highest BCUT2D eigenvalue weighted by atomic mass is 19.2. The summed E-state index contributed by atoms with van der Waals surface area (Å²) in [5.41, 5.74) is 5.85. The van der Waals surface area contributed by atoms with E-state index >= 15 is 0 Å². The molecule has 1 heterocycles. The molecule has 1 aliphatic heterocycles. The summed E-state index contributed by atoms with van der Waals surface area (Å²) >= 11 is 0. The molecule has 2 rings (SSSR count). The van der Waals surface area contributed by atoms with Crippen molar-refractivity contribution in [1.29, 1.82) is 0 Å². The van der Waals surface area contributed by atoms with E-state index in [4.69, 9.17) is 5.73 Å². The molecule has 0 aromatic heterocycles. The van der Waals surface area contributed by atoms with E-state index in [1.165, 1.54) is 4.90 Å². The van der Waals surface area contributed by atoms with Gasteiger partial charge in [-0.2, -0.15) is 0 Å². The summed E-state index contributed by atoms with van der Waals surface area (Å²) in [4.78, 5) is 13.2. The van der Waals surface area contributed by atoms with Gasteiger partial charge in [0.1, 0.15) is 5.82 Å². The molecule has 1 fully saturated rings. The van der Waals surface area contributed by atoms with Crippen molar-refractivity contribution >= 4 is 5.91 Å². The van der Waals surface area contributed by atoms with Gasteiger partial charge in [0.15, 0.2) is 11.6 Å². The quantitative estimate of drug-likeness (QED) is 0.838. The summed E-state index contributed by atoms with van der Waals surface area (Å²) < 4.78 is 40.1. The largest absolute Gasteiger partial charge is 0.334 e. The maximum Gasteiger partial charge on any atom is 0.223 e. The van der Waals surface area contributed by atoms with Crippen LogP contribution in [0.2, 0.25) is 0 Å². The first-order valence-electron chi connectivity index (χ1n) is 6.15. The standard InChI is InChI=1S/C13H15F3N2O/c1-2-18-12(19)4-3-11(17)13(18)7-5-9(15)10(16)6-8(7)14/h5-6,11,13H,2-4,17H2,1H3. The highest BCUT2D eigenvalue weighted by molar-refractivity contribution is 5.77. The number of nitrogens with zero attached hydrogens (tertiary/aromatic N) is 1. The van der Waals surface area contributed by atoms with Crippen LogP contribution in [0.3, 0.4) is 0 Å². The fraction of sp³-hybridized carbons (Fsp3) is 0.462. The van der Waals surface area contributed by atoms with Crippen LogP contribution in [0.4, 0.5) is 13.2 Å². The Morgan fingerprint density at radius 1 is 1.26 bits per heavy atom. The van der Waals surface area contributed by atoms with E-state index in [2.05, 4.69) is 0 Å². The lowest BCUT2D eigenvalue weighted by Gasteiger charge is -2.39.